The number of Topliss-reactive ketones (excluding diaryl/α,β-unsaturated/α-hetero) is 1. The van der Waals surface area contributed by atoms with Crippen molar-refractivity contribution >= 4 is 33.0 Å². The molecule has 0 saturated carbocycles. The van der Waals surface area contributed by atoms with Gasteiger partial charge in [0.15, 0.2) is 5.78 Å². The fourth-order valence-electron chi connectivity index (χ4n) is 1.57. The Morgan fingerprint density at radius 3 is 2.88 bits per heavy atom. The van der Waals surface area contributed by atoms with Crippen LogP contribution >= 0.6 is 27.3 Å². The van der Waals surface area contributed by atoms with Crippen molar-refractivity contribution < 1.29 is 9.53 Å². The zero-order valence-corrected chi connectivity index (χ0v) is 11.7. The van der Waals surface area contributed by atoms with Gasteiger partial charge in [-0.3, -0.25) is 4.79 Å². The van der Waals surface area contributed by atoms with Crippen LogP contribution in [0, 0.1) is 0 Å². The van der Waals surface area contributed by atoms with Gasteiger partial charge in [0.05, 0.1) is 12.7 Å². The van der Waals surface area contributed by atoms with E-state index < -0.39 is 0 Å². The van der Waals surface area contributed by atoms with Crippen molar-refractivity contribution in [3.63, 3.8) is 0 Å². The molecule has 0 fully saturated rings. The minimum Gasteiger partial charge on any atom is -0.496 e. The molecule has 2 nitrogen and oxygen atoms in total. The molecule has 0 aliphatic heterocycles. The van der Waals surface area contributed by atoms with Gasteiger partial charge < -0.3 is 4.74 Å². The minimum atomic E-state index is 0.0766. The van der Waals surface area contributed by atoms with Gasteiger partial charge >= 0.3 is 0 Å². The monoisotopic (exact) mass is 310 g/mol. The molecule has 0 aliphatic rings. The number of benzene rings is 1. The predicted octanol–water partition coefficient (Wildman–Crippen LogP) is 3.94. The van der Waals surface area contributed by atoms with E-state index in [1.54, 1.807) is 30.6 Å². The summed E-state index contributed by atoms with van der Waals surface area (Å²) in [4.78, 5) is 12.1. The van der Waals surface area contributed by atoms with Crippen LogP contribution in [0.4, 0.5) is 0 Å². The first-order valence-electron chi connectivity index (χ1n) is 5.08. The third-order valence-corrected chi connectivity index (χ3v) is 3.63. The van der Waals surface area contributed by atoms with E-state index in [0.717, 1.165) is 10.0 Å². The summed E-state index contributed by atoms with van der Waals surface area (Å²) in [5, 5.41) is 3.96. The maximum atomic E-state index is 12.1. The Labute approximate surface area is 112 Å². The molecule has 0 atom stereocenters. The van der Waals surface area contributed by atoms with Gasteiger partial charge in [0.2, 0.25) is 0 Å². The molecule has 0 spiro atoms. The molecule has 1 aromatic heterocycles. The lowest BCUT2D eigenvalue weighted by atomic mass is 10.0. The molecule has 17 heavy (non-hydrogen) atoms. The lowest BCUT2D eigenvalue weighted by molar-refractivity contribution is 0.0990. The lowest BCUT2D eigenvalue weighted by Crippen LogP contribution is -2.05. The number of carbonyl (C=O) groups excluding carboxylic acids is 1. The molecule has 2 aromatic rings. The molecule has 0 saturated heterocycles. The van der Waals surface area contributed by atoms with Crippen molar-refractivity contribution in [2.75, 3.05) is 7.11 Å². The summed E-state index contributed by atoms with van der Waals surface area (Å²) >= 11 is 4.96. The van der Waals surface area contributed by atoms with E-state index in [1.807, 2.05) is 22.9 Å². The highest BCUT2D eigenvalue weighted by Crippen LogP contribution is 2.25. The average Bonchev–Trinajstić information content (AvgIpc) is 2.81. The quantitative estimate of drug-likeness (QED) is 0.799. The predicted molar refractivity (Wildman–Crippen MR) is 73.0 cm³/mol. The van der Waals surface area contributed by atoms with Crippen LogP contribution in [-0.2, 0) is 6.42 Å². The van der Waals surface area contributed by atoms with Crippen LogP contribution in [0.5, 0.6) is 5.75 Å². The van der Waals surface area contributed by atoms with Crippen LogP contribution in [0.1, 0.15) is 15.9 Å². The molecule has 1 aromatic carbocycles. The Kier molecular flexibility index (Phi) is 3.97. The van der Waals surface area contributed by atoms with Crippen LogP contribution < -0.4 is 4.74 Å². The summed E-state index contributed by atoms with van der Waals surface area (Å²) in [6.45, 7) is 0. The van der Waals surface area contributed by atoms with Crippen LogP contribution in [0.3, 0.4) is 0 Å². The molecule has 0 bridgehead atoms. The van der Waals surface area contributed by atoms with E-state index in [1.165, 1.54) is 0 Å². The number of halogens is 1. The van der Waals surface area contributed by atoms with Gasteiger partial charge in [0, 0.05) is 10.9 Å². The maximum Gasteiger partial charge on any atom is 0.170 e. The average molecular weight is 311 g/mol. The van der Waals surface area contributed by atoms with E-state index in [2.05, 4.69) is 15.9 Å². The van der Waals surface area contributed by atoms with Gasteiger partial charge in [-0.15, -0.1) is 0 Å². The van der Waals surface area contributed by atoms with Crippen LogP contribution in [0.25, 0.3) is 0 Å². The summed E-state index contributed by atoms with van der Waals surface area (Å²) in [5.41, 5.74) is 1.67. The second kappa shape index (κ2) is 5.47. The highest BCUT2D eigenvalue weighted by Gasteiger charge is 2.13. The largest absolute Gasteiger partial charge is 0.496 e. The summed E-state index contributed by atoms with van der Waals surface area (Å²) in [5.74, 6) is 0.687. The Bertz CT molecular complexity index is 520. The number of rotatable bonds is 4. The molecule has 2 rings (SSSR count). The SMILES string of the molecule is COc1cc(Br)ccc1C(=O)Cc1ccsc1. The molecule has 0 amide bonds. The summed E-state index contributed by atoms with van der Waals surface area (Å²) in [6, 6.07) is 7.41. The van der Waals surface area contributed by atoms with E-state index in [-0.39, 0.29) is 5.78 Å². The lowest BCUT2D eigenvalue weighted by Gasteiger charge is -2.07. The topological polar surface area (TPSA) is 26.3 Å². The Morgan fingerprint density at radius 2 is 2.24 bits per heavy atom. The molecular weight excluding hydrogens is 300 g/mol. The highest BCUT2D eigenvalue weighted by atomic mass is 79.9. The molecule has 0 N–H and O–H groups in total. The third-order valence-electron chi connectivity index (χ3n) is 2.41. The van der Waals surface area contributed by atoms with Crippen LogP contribution in [-0.4, -0.2) is 12.9 Å². The Balaban J connectivity index is 2.24. The fraction of sp³-hybridized carbons (Fsp3) is 0.154. The third kappa shape index (κ3) is 2.96. The molecule has 1 heterocycles. The molecule has 4 heteroatoms. The number of hydrogen-bond donors (Lipinski definition) is 0. The first kappa shape index (κ1) is 12.3. The minimum absolute atomic E-state index is 0.0766. The summed E-state index contributed by atoms with van der Waals surface area (Å²) in [7, 11) is 1.57. The summed E-state index contributed by atoms with van der Waals surface area (Å²) in [6.07, 6.45) is 0.418. The highest BCUT2D eigenvalue weighted by molar-refractivity contribution is 9.10. The Morgan fingerprint density at radius 1 is 1.41 bits per heavy atom. The number of hydrogen-bond acceptors (Lipinski definition) is 3. The van der Waals surface area contributed by atoms with Gasteiger partial charge in [-0.1, -0.05) is 15.9 Å². The zero-order valence-electron chi connectivity index (χ0n) is 9.27. The number of ether oxygens (including phenoxy) is 1. The van der Waals surface area contributed by atoms with Crippen molar-refractivity contribution in [3.8, 4) is 5.75 Å². The van der Waals surface area contributed by atoms with Gasteiger partial charge in [0.1, 0.15) is 5.75 Å². The number of thiophene rings is 1. The van der Waals surface area contributed by atoms with Gasteiger partial charge in [-0.2, -0.15) is 11.3 Å². The van der Waals surface area contributed by atoms with Gasteiger partial charge in [0.25, 0.3) is 0 Å². The number of methoxy groups -OCH3 is 1. The van der Waals surface area contributed by atoms with Crippen molar-refractivity contribution in [1.82, 2.24) is 0 Å². The molecule has 88 valence electrons. The van der Waals surface area contributed by atoms with E-state index in [0.29, 0.717) is 17.7 Å². The van der Waals surface area contributed by atoms with Crippen molar-refractivity contribution in [2.24, 2.45) is 0 Å². The van der Waals surface area contributed by atoms with Crippen molar-refractivity contribution in [3.05, 3.63) is 50.6 Å². The smallest absolute Gasteiger partial charge is 0.170 e. The second-order valence-electron chi connectivity index (χ2n) is 3.58. The molecule has 0 unspecified atom stereocenters. The second-order valence-corrected chi connectivity index (χ2v) is 5.27. The summed E-state index contributed by atoms with van der Waals surface area (Å²) < 4.78 is 6.12. The number of ketones is 1. The first-order chi connectivity index (χ1) is 8.20. The van der Waals surface area contributed by atoms with Gasteiger partial charge in [-0.25, -0.2) is 0 Å². The van der Waals surface area contributed by atoms with Crippen LogP contribution in [0.2, 0.25) is 0 Å². The molecule has 0 aliphatic carbocycles. The Hall–Kier alpha value is -1.13. The van der Waals surface area contributed by atoms with E-state index in [9.17, 15) is 4.79 Å². The van der Waals surface area contributed by atoms with Gasteiger partial charge in [-0.05, 0) is 40.6 Å². The standard InChI is InChI=1S/C13H11BrO2S/c1-16-13-7-10(14)2-3-11(13)12(15)6-9-4-5-17-8-9/h2-5,7-8H,6H2,1H3. The van der Waals surface area contributed by atoms with Crippen molar-refractivity contribution in [2.45, 2.75) is 6.42 Å². The van der Waals surface area contributed by atoms with E-state index in [4.69, 9.17) is 4.74 Å². The van der Waals surface area contributed by atoms with Crippen LogP contribution in [0.15, 0.2) is 39.5 Å². The fourth-order valence-corrected chi connectivity index (χ4v) is 2.58. The maximum absolute atomic E-state index is 12.1. The van der Waals surface area contributed by atoms with E-state index >= 15 is 0 Å². The molecule has 0 radical (unpaired) electrons. The number of carbonyl (C=O) groups is 1. The normalized spacial score (nSPS) is 10.2. The van der Waals surface area contributed by atoms with Crippen molar-refractivity contribution in [1.29, 1.82) is 0 Å². The molecular formula is C13H11BrO2S. The zero-order chi connectivity index (χ0) is 12.3. The first-order valence-corrected chi connectivity index (χ1v) is 6.82.